The molecule has 0 bridgehead atoms. The van der Waals surface area contributed by atoms with Crippen LogP contribution in [0.25, 0.3) is 0 Å². The van der Waals surface area contributed by atoms with Crippen LogP contribution in [0.5, 0.6) is 0 Å². The van der Waals surface area contributed by atoms with E-state index >= 15 is 0 Å². The Kier molecular flexibility index (Phi) is 5.23. The SMILES string of the molecule is [CH]1CC(Pc2ccccc2)CCC1Pc1ccccc1. The van der Waals surface area contributed by atoms with Crippen LogP contribution in [0, 0.1) is 6.42 Å². The molecular weight excluding hydrogens is 278 g/mol. The maximum atomic E-state index is 2.59. The van der Waals surface area contributed by atoms with Gasteiger partial charge in [0.25, 0.3) is 0 Å². The molecule has 0 N–H and O–H groups in total. The van der Waals surface area contributed by atoms with E-state index in [1.54, 1.807) is 0 Å². The van der Waals surface area contributed by atoms with Gasteiger partial charge in [0.05, 0.1) is 0 Å². The van der Waals surface area contributed by atoms with Gasteiger partial charge in [0.1, 0.15) is 0 Å². The zero-order valence-electron chi connectivity index (χ0n) is 11.6. The van der Waals surface area contributed by atoms with Crippen molar-refractivity contribution in [3.63, 3.8) is 0 Å². The summed E-state index contributed by atoms with van der Waals surface area (Å²) in [5.74, 6) is 0. The Morgan fingerprint density at radius 2 is 1.30 bits per heavy atom. The van der Waals surface area contributed by atoms with E-state index in [1.807, 2.05) is 0 Å². The summed E-state index contributed by atoms with van der Waals surface area (Å²) in [6, 6.07) is 21.9. The van der Waals surface area contributed by atoms with Crippen molar-refractivity contribution in [2.75, 3.05) is 0 Å². The lowest BCUT2D eigenvalue weighted by molar-refractivity contribution is 0.614. The van der Waals surface area contributed by atoms with Crippen LogP contribution in [0.4, 0.5) is 0 Å². The van der Waals surface area contributed by atoms with Crippen LogP contribution in [0.1, 0.15) is 19.3 Å². The van der Waals surface area contributed by atoms with Crippen LogP contribution in [0.15, 0.2) is 60.7 Å². The monoisotopic (exact) mass is 299 g/mol. The predicted molar refractivity (Wildman–Crippen MR) is 94.5 cm³/mol. The standard InChI is InChI=1S/C18H21P2/c1-3-7-15(8-4-1)19-17-11-13-18(14-12-17)20-16-9-5-2-6-10-16/h1-11,17-20H,12-14H2. The molecule has 0 amide bonds. The predicted octanol–water partition coefficient (Wildman–Crippen LogP) is 4.12. The quantitative estimate of drug-likeness (QED) is 0.745. The molecule has 20 heavy (non-hydrogen) atoms. The van der Waals surface area contributed by atoms with Crippen molar-refractivity contribution < 1.29 is 0 Å². The van der Waals surface area contributed by atoms with Gasteiger partial charge in [0.2, 0.25) is 0 Å². The third-order valence-corrected chi connectivity index (χ3v) is 6.96. The van der Waals surface area contributed by atoms with E-state index in [2.05, 4.69) is 67.1 Å². The fourth-order valence-corrected chi connectivity index (χ4v) is 5.52. The molecule has 1 radical (unpaired) electrons. The molecule has 0 saturated heterocycles. The molecular formula is C18H21P2. The molecule has 2 heteroatoms. The van der Waals surface area contributed by atoms with Gasteiger partial charge in [-0.1, -0.05) is 77.8 Å². The van der Waals surface area contributed by atoms with Gasteiger partial charge in [-0.2, -0.15) is 0 Å². The van der Waals surface area contributed by atoms with Crippen molar-refractivity contribution in [3.05, 3.63) is 67.1 Å². The second-order valence-electron chi connectivity index (χ2n) is 5.37. The van der Waals surface area contributed by atoms with Gasteiger partial charge in [-0.15, -0.1) is 0 Å². The van der Waals surface area contributed by atoms with E-state index in [0.29, 0.717) is 0 Å². The summed E-state index contributed by atoms with van der Waals surface area (Å²) in [5, 5.41) is 3.03. The Hall–Kier alpha value is -0.700. The highest BCUT2D eigenvalue weighted by Crippen LogP contribution is 2.38. The Bertz CT molecular complexity index is 452. The minimum Gasteiger partial charge on any atom is -0.0872 e. The second kappa shape index (κ2) is 7.35. The Morgan fingerprint density at radius 1 is 0.700 bits per heavy atom. The maximum Gasteiger partial charge on any atom is -0.0165 e. The number of hydrogen-bond donors (Lipinski definition) is 0. The lowest BCUT2D eigenvalue weighted by atomic mass is 10.00. The van der Waals surface area contributed by atoms with Crippen LogP contribution in [0.3, 0.4) is 0 Å². The molecule has 0 nitrogen and oxygen atoms in total. The topological polar surface area (TPSA) is 0 Å². The molecule has 2 aromatic carbocycles. The largest absolute Gasteiger partial charge is 0.0872 e. The van der Waals surface area contributed by atoms with E-state index in [1.165, 1.54) is 29.9 Å². The summed E-state index contributed by atoms with van der Waals surface area (Å²) in [5.41, 5.74) is 1.70. The number of rotatable bonds is 4. The van der Waals surface area contributed by atoms with Gasteiger partial charge in [-0.05, 0) is 47.6 Å². The van der Waals surface area contributed by atoms with Crippen molar-refractivity contribution in [1.82, 2.24) is 0 Å². The van der Waals surface area contributed by atoms with Crippen LogP contribution < -0.4 is 10.6 Å². The fourth-order valence-electron chi connectivity index (χ4n) is 2.73. The summed E-state index contributed by atoms with van der Waals surface area (Å²) in [6.45, 7) is 0. The zero-order valence-corrected chi connectivity index (χ0v) is 13.6. The molecule has 0 spiro atoms. The zero-order chi connectivity index (χ0) is 13.6. The first-order chi connectivity index (χ1) is 9.90. The molecule has 103 valence electrons. The first kappa shape index (κ1) is 14.2. The average Bonchev–Trinajstić information content (AvgIpc) is 2.51. The average molecular weight is 299 g/mol. The highest BCUT2D eigenvalue weighted by atomic mass is 31.1. The lowest BCUT2D eigenvalue weighted by Crippen LogP contribution is -2.20. The summed E-state index contributed by atoms with van der Waals surface area (Å²) in [6.07, 6.45) is 6.67. The van der Waals surface area contributed by atoms with Gasteiger partial charge in [-0.3, -0.25) is 0 Å². The fraction of sp³-hybridized carbons (Fsp3) is 0.278. The number of hydrogen-bond acceptors (Lipinski definition) is 0. The lowest BCUT2D eigenvalue weighted by Gasteiger charge is -2.28. The third kappa shape index (κ3) is 4.15. The molecule has 1 saturated carbocycles. The van der Waals surface area contributed by atoms with Crippen LogP contribution >= 0.6 is 17.2 Å². The molecule has 1 fully saturated rings. The van der Waals surface area contributed by atoms with E-state index in [9.17, 15) is 0 Å². The summed E-state index contributed by atoms with van der Waals surface area (Å²) in [7, 11) is 1.94. The third-order valence-electron chi connectivity index (χ3n) is 3.80. The highest BCUT2D eigenvalue weighted by Gasteiger charge is 2.21. The molecule has 2 aromatic rings. The first-order valence-corrected chi connectivity index (χ1v) is 9.52. The molecule has 4 unspecified atom stereocenters. The van der Waals surface area contributed by atoms with Crippen molar-refractivity contribution in [2.24, 2.45) is 0 Å². The molecule has 1 aliphatic carbocycles. The van der Waals surface area contributed by atoms with Gasteiger partial charge in [0, 0.05) is 0 Å². The van der Waals surface area contributed by atoms with Gasteiger partial charge in [0.15, 0.2) is 0 Å². The molecule has 1 aliphatic rings. The summed E-state index contributed by atoms with van der Waals surface area (Å²) < 4.78 is 0. The molecule has 0 aliphatic heterocycles. The van der Waals surface area contributed by atoms with E-state index < -0.39 is 0 Å². The maximum absolute atomic E-state index is 2.59. The molecule has 3 rings (SSSR count). The van der Waals surface area contributed by atoms with Gasteiger partial charge >= 0.3 is 0 Å². The van der Waals surface area contributed by atoms with Gasteiger partial charge < -0.3 is 0 Å². The van der Waals surface area contributed by atoms with Crippen LogP contribution in [-0.4, -0.2) is 11.3 Å². The van der Waals surface area contributed by atoms with Crippen molar-refractivity contribution >= 4 is 27.8 Å². The normalized spacial score (nSPS) is 23.8. The minimum absolute atomic E-state index is 0.814. The van der Waals surface area contributed by atoms with Crippen molar-refractivity contribution in [1.29, 1.82) is 0 Å². The van der Waals surface area contributed by atoms with Gasteiger partial charge in [-0.25, -0.2) is 0 Å². The summed E-state index contributed by atoms with van der Waals surface area (Å²) in [4.78, 5) is 0. The van der Waals surface area contributed by atoms with Crippen LogP contribution in [-0.2, 0) is 0 Å². The molecule has 0 heterocycles. The minimum atomic E-state index is 0.814. The summed E-state index contributed by atoms with van der Waals surface area (Å²) >= 11 is 0. The van der Waals surface area contributed by atoms with E-state index in [0.717, 1.165) is 28.5 Å². The Balaban J connectivity index is 1.47. The molecule has 4 atom stereocenters. The molecule has 0 aromatic heterocycles. The smallest absolute Gasteiger partial charge is 0.0165 e. The van der Waals surface area contributed by atoms with E-state index in [-0.39, 0.29) is 0 Å². The van der Waals surface area contributed by atoms with Crippen molar-refractivity contribution in [2.45, 2.75) is 30.6 Å². The van der Waals surface area contributed by atoms with Crippen LogP contribution in [0.2, 0.25) is 0 Å². The first-order valence-electron chi connectivity index (χ1n) is 7.37. The number of benzene rings is 2. The Labute approximate surface area is 126 Å². The Morgan fingerprint density at radius 3 is 1.85 bits per heavy atom. The van der Waals surface area contributed by atoms with Crippen molar-refractivity contribution in [3.8, 4) is 0 Å². The highest BCUT2D eigenvalue weighted by molar-refractivity contribution is 7.48. The van der Waals surface area contributed by atoms with E-state index in [4.69, 9.17) is 0 Å². The second-order valence-corrected chi connectivity index (χ2v) is 8.66.